The molecule has 198 valence electrons. The predicted octanol–water partition coefficient (Wildman–Crippen LogP) is 4.33. The molecule has 5 rings (SSSR count). The molecule has 0 bridgehead atoms. The van der Waals surface area contributed by atoms with Gasteiger partial charge in [0.2, 0.25) is 0 Å². The Hall–Kier alpha value is -3.44. The largest absolute Gasteiger partial charge is 0.611 e. The van der Waals surface area contributed by atoms with Crippen LogP contribution in [0.25, 0.3) is 22.6 Å². The van der Waals surface area contributed by atoms with Crippen molar-refractivity contribution in [3.05, 3.63) is 58.3 Å². The Morgan fingerprint density at radius 3 is 2.63 bits per heavy atom. The number of pyridine rings is 1. The Morgan fingerprint density at radius 2 is 1.95 bits per heavy atom. The number of aromatic nitrogens is 7. The molecule has 0 spiro atoms. The van der Waals surface area contributed by atoms with E-state index in [4.69, 9.17) is 4.98 Å². The van der Waals surface area contributed by atoms with Gasteiger partial charge in [0.05, 0.1) is 41.6 Å². The van der Waals surface area contributed by atoms with Crippen LogP contribution in [0.1, 0.15) is 75.5 Å². The van der Waals surface area contributed by atoms with E-state index in [2.05, 4.69) is 37.2 Å². The lowest BCUT2D eigenvalue weighted by Crippen LogP contribution is -2.28. The fourth-order valence-electron chi connectivity index (χ4n) is 4.62. The molecule has 4 aromatic heterocycles. The SMILES string of the molecule is CCC[C@@H](C)n1c(=O)c(NCc2ccc([S+]([O-])CC)cn2)nc2cnc(-c3c(C)ncnc3C3CC3)nc21. The third-order valence-electron chi connectivity index (χ3n) is 6.79. The van der Waals surface area contributed by atoms with Gasteiger partial charge in [-0.3, -0.25) is 14.3 Å². The molecule has 10 nitrogen and oxygen atoms in total. The highest BCUT2D eigenvalue weighted by molar-refractivity contribution is 7.91. The molecule has 1 saturated carbocycles. The van der Waals surface area contributed by atoms with Crippen LogP contribution in [0.5, 0.6) is 0 Å². The van der Waals surface area contributed by atoms with Crippen molar-refractivity contribution in [2.75, 3.05) is 11.1 Å². The molecule has 38 heavy (non-hydrogen) atoms. The van der Waals surface area contributed by atoms with Crippen LogP contribution in [-0.2, 0) is 17.7 Å². The molecule has 0 saturated heterocycles. The predicted molar refractivity (Wildman–Crippen MR) is 147 cm³/mol. The lowest BCUT2D eigenvalue weighted by atomic mass is 10.1. The molecular formula is C27H32N8O2S. The fourth-order valence-corrected chi connectivity index (χ4v) is 5.34. The van der Waals surface area contributed by atoms with E-state index in [1.54, 1.807) is 29.4 Å². The molecule has 1 aliphatic carbocycles. The van der Waals surface area contributed by atoms with Crippen molar-refractivity contribution in [3.8, 4) is 11.4 Å². The van der Waals surface area contributed by atoms with Gasteiger partial charge in [-0.2, -0.15) is 0 Å². The summed E-state index contributed by atoms with van der Waals surface area (Å²) in [6.07, 6.45) is 8.82. The van der Waals surface area contributed by atoms with Crippen LogP contribution in [0.2, 0.25) is 0 Å². The maximum atomic E-state index is 13.7. The van der Waals surface area contributed by atoms with E-state index >= 15 is 0 Å². The molecule has 1 unspecified atom stereocenters. The van der Waals surface area contributed by atoms with E-state index in [0.29, 0.717) is 40.1 Å². The van der Waals surface area contributed by atoms with Gasteiger partial charge >= 0.3 is 0 Å². The first-order valence-corrected chi connectivity index (χ1v) is 14.4. The minimum absolute atomic E-state index is 0.0845. The van der Waals surface area contributed by atoms with E-state index in [-0.39, 0.29) is 17.4 Å². The van der Waals surface area contributed by atoms with Gasteiger partial charge in [-0.1, -0.05) is 13.3 Å². The maximum Gasteiger partial charge on any atom is 0.295 e. The molecule has 0 radical (unpaired) electrons. The zero-order valence-corrected chi connectivity index (χ0v) is 23.0. The second-order valence-electron chi connectivity index (χ2n) is 9.64. The number of nitrogens with one attached hydrogen (secondary N) is 1. The van der Waals surface area contributed by atoms with Crippen LogP contribution in [0.3, 0.4) is 0 Å². The molecule has 0 amide bonds. The van der Waals surface area contributed by atoms with Crippen molar-refractivity contribution >= 4 is 28.2 Å². The van der Waals surface area contributed by atoms with Gasteiger partial charge in [-0.15, -0.1) is 0 Å². The summed E-state index contributed by atoms with van der Waals surface area (Å²) in [5, 5.41) is 3.15. The first-order valence-electron chi connectivity index (χ1n) is 13.1. The number of anilines is 1. The van der Waals surface area contributed by atoms with Crippen molar-refractivity contribution in [1.29, 1.82) is 0 Å². The summed E-state index contributed by atoms with van der Waals surface area (Å²) in [6, 6.07) is 3.53. The van der Waals surface area contributed by atoms with Crippen LogP contribution in [0.4, 0.5) is 5.82 Å². The molecule has 4 aromatic rings. The van der Waals surface area contributed by atoms with Gasteiger partial charge in [-0.25, -0.2) is 24.9 Å². The third-order valence-corrected chi connectivity index (χ3v) is 8.08. The van der Waals surface area contributed by atoms with Gasteiger partial charge in [0.25, 0.3) is 5.56 Å². The highest BCUT2D eigenvalue weighted by Gasteiger charge is 2.30. The minimum atomic E-state index is -1.06. The van der Waals surface area contributed by atoms with Crippen molar-refractivity contribution in [3.63, 3.8) is 0 Å². The summed E-state index contributed by atoms with van der Waals surface area (Å²) in [4.78, 5) is 41.8. The zero-order chi connectivity index (χ0) is 26.8. The highest BCUT2D eigenvalue weighted by atomic mass is 32.2. The molecular weight excluding hydrogens is 500 g/mol. The monoisotopic (exact) mass is 532 g/mol. The molecule has 2 atom stereocenters. The zero-order valence-electron chi connectivity index (χ0n) is 22.1. The van der Waals surface area contributed by atoms with Gasteiger partial charge < -0.3 is 9.87 Å². The Kier molecular flexibility index (Phi) is 7.66. The molecule has 4 heterocycles. The van der Waals surface area contributed by atoms with Crippen molar-refractivity contribution in [2.45, 2.75) is 76.8 Å². The Morgan fingerprint density at radius 1 is 1.13 bits per heavy atom. The first-order chi connectivity index (χ1) is 18.4. The van der Waals surface area contributed by atoms with E-state index in [0.717, 1.165) is 48.3 Å². The van der Waals surface area contributed by atoms with Crippen LogP contribution >= 0.6 is 0 Å². The fraction of sp³-hybridized carbons (Fsp3) is 0.444. The molecule has 1 N–H and O–H groups in total. The second kappa shape index (κ2) is 11.1. The number of hydrogen-bond acceptors (Lipinski definition) is 9. The molecule has 0 aliphatic heterocycles. The lowest BCUT2D eigenvalue weighted by molar-refractivity contribution is 0.497. The molecule has 1 fully saturated rings. The summed E-state index contributed by atoms with van der Waals surface area (Å²) < 4.78 is 13.7. The summed E-state index contributed by atoms with van der Waals surface area (Å²) in [5.74, 6) is 1.68. The van der Waals surface area contributed by atoms with Gasteiger partial charge in [0.15, 0.2) is 22.2 Å². The average Bonchev–Trinajstić information content (AvgIpc) is 3.77. The summed E-state index contributed by atoms with van der Waals surface area (Å²) in [5.41, 5.74) is 4.15. The standard InChI is InChI=1S/C27H32N8O2S/c1-5-7-16(3)35-26-21(14-30-24(34-26)22-17(4)31-15-32-23(22)18-8-9-18)33-25(27(35)36)29-12-19-10-11-20(13-28-19)38(37)6-2/h10-11,13-16,18H,5-9,12H2,1-4H3,(H,29,33)/t16-,38?/m1/s1. The van der Waals surface area contributed by atoms with Crippen LogP contribution in [0, 0.1) is 6.92 Å². The van der Waals surface area contributed by atoms with E-state index in [1.807, 2.05) is 26.8 Å². The van der Waals surface area contributed by atoms with Crippen LogP contribution < -0.4 is 10.9 Å². The number of hydrogen-bond donors (Lipinski definition) is 1. The van der Waals surface area contributed by atoms with Crippen molar-refractivity contribution in [2.24, 2.45) is 0 Å². The first kappa shape index (κ1) is 26.2. The second-order valence-corrected chi connectivity index (χ2v) is 11.4. The summed E-state index contributed by atoms with van der Waals surface area (Å²) >= 11 is -1.06. The lowest BCUT2D eigenvalue weighted by Gasteiger charge is -2.19. The average molecular weight is 533 g/mol. The Labute approximate surface area is 224 Å². The van der Waals surface area contributed by atoms with Crippen LogP contribution in [0.15, 0.2) is 40.5 Å². The van der Waals surface area contributed by atoms with E-state index in [1.165, 1.54) is 0 Å². The number of rotatable bonds is 10. The van der Waals surface area contributed by atoms with Crippen molar-refractivity contribution in [1.82, 2.24) is 34.5 Å². The highest BCUT2D eigenvalue weighted by Crippen LogP contribution is 2.43. The van der Waals surface area contributed by atoms with Gasteiger partial charge in [0, 0.05) is 12.0 Å². The van der Waals surface area contributed by atoms with E-state index in [9.17, 15) is 9.35 Å². The number of fused-ring (bicyclic) bond motifs is 1. The summed E-state index contributed by atoms with van der Waals surface area (Å²) in [7, 11) is 0. The normalized spacial score (nSPS) is 15.0. The van der Waals surface area contributed by atoms with Gasteiger partial charge in [-0.05, 0) is 63.3 Å². The Bertz CT molecular complexity index is 1500. The smallest absolute Gasteiger partial charge is 0.295 e. The topological polar surface area (TPSA) is 134 Å². The quantitative estimate of drug-likeness (QED) is 0.296. The van der Waals surface area contributed by atoms with Gasteiger partial charge in [0.1, 0.15) is 17.6 Å². The molecule has 11 heteroatoms. The molecule has 1 aliphatic rings. The third kappa shape index (κ3) is 5.25. The Balaban J connectivity index is 1.53. The van der Waals surface area contributed by atoms with Crippen LogP contribution in [-0.4, -0.2) is 44.8 Å². The van der Waals surface area contributed by atoms with E-state index < -0.39 is 11.2 Å². The number of aryl methyl sites for hydroxylation is 1. The summed E-state index contributed by atoms with van der Waals surface area (Å²) in [6.45, 7) is 8.23. The molecule has 0 aromatic carbocycles. The number of nitrogens with zero attached hydrogens (tertiary/aromatic N) is 7. The van der Waals surface area contributed by atoms with Crippen molar-refractivity contribution < 1.29 is 4.55 Å². The minimum Gasteiger partial charge on any atom is -0.611 e. The maximum absolute atomic E-state index is 13.7.